The average molecular weight is 462 g/mol. The summed E-state index contributed by atoms with van der Waals surface area (Å²) in [5, 5.41) is 12.2. The van der Waals surface area contributed by atoms with Crippen molar-refractivity contribution in [1.29, 1.82) is 0 Å². The predicted octanol–water partition coefficient (Wildman–Crippen LogP) is 4.26. The number of hydrogen-bond acceptors (Lipinski definition) is 4. The standard InChI is InChI=1S/C26H31N5OS/c1-30-24(15-23(29-30)21-10-6-7-11-25(21)32-2)22-17-31-13-12-18(22)14-20(31)16-27-26(33)28-19-8-4-3-5-9-19/h3-11,15,18,20,22H,12-14,16-17H2,1-2H3,(H2,27,28,33)/t18-,20+,22-/m0/s1. The van der Waals surface area contributed by atoms with Crippen molar-refractivity contribution in [2.24, 2.45) is 13.0 Å². The molecule has 4 heterocycles. The molecule has 172 valence electrons. The maximum absolute atomic E-state index is 5.56. The highest BCUT2D eigenvalue weighted by atomic mass is 32.1. The number of rotatable bonds is 6. The molecule has 0 aliphatic carbocycles. The number of para-hydroxylation sites is 2. The van der Waals surface area contributed by atoms with Gasteiger partial charge in [-0.1, -0.05) is 30.3 Å². The van der Waals surface area contributed by atoms with Gasteiger partial charge < -0.3 is 15.4 Å². The Morgan fingerprint density at radius 1 is 1.15 bits per heavy atom. The number of benzene rings is 2. The number of aryl methyl sites for hydroxylation is 1. The normalized spacial score (nSPS) is 23.8. The first kappa shape index (κ1) is 21.9. The van der Waals surface area contributed by atoms with E-state index < -0.39 is 0 Å². The first-order valence-corrected chi connectivity index (χ1v) is 12.0. The number of methoxy groups -OCH3 is 1. The minimum absolute atomic E-state index is 0.505. The lowest BCUT2D eigenvalue weighted by molar-refractivity contribution is 0.0303. The Balaban J connectivity index is 1.24. The van der Waals surface area contributed by atoms with Gasteiger partial charge in [0.1, 0.15) is 5.75 Å². The number of anilines is 1. The van der Waals surface area contributed by atoms with Crippen molar-refractivity contribution in [3.05, 3.63) is 66.4 Å². The lowest BCUT2D eigenvalue weighted by Crippen LogP contribution is -2.56. The van der Waals surface area contributed by atoms with Gasteiger partial charge in [0.15, 0.2) is 5.11 Å². The molecule has 0 spiro atoms. The zero-order valence-electron chi connectivity index (χ0n) is 19.2. The van der Waals surface area contributed by atoms with E-state index in [1.54, 1.807) is 7.11 Å². The maximum atomic E-state index is 5.56. The highest BCUT2D eigenvalue weighted by Crippen LogP contribution is 2.42. The van der Waals surface area contributed by atoms with E-state index in [0.29, 0.717) is 23.0 Å². The molecular weight excluding hydrogens is 430 g/mol. The van der Waals surface area contributed by atoms with Crippen molar-refractivity contribution in [2.45, 2.75) is 24.8 Å². The number of aromatic nitrogens is 2. The van der Waals surface area contributed by atoms with E-state index in [9.17, 15) is 0 Å². The van der Waals surface area contributed by atoms with Crippen LogP contribution in [0.2, 0.25) is 0 Å². The number of piperidine rings is 3. The molecule has 1 unspecified atom stereocenters. The molecule has 0 amide bonds. The Morgan fingerprint density at radius 2 is 1.94 bits per heavy atom. The summed E-state index contributed by atoms with van der Waals surface area (Å²) in [7, 11) is 3.78. The SMILES string of the molecule is COc1ccccc1-c1cc([C@H]2CN3CC[C@H]2C[C@@H]3CNC(=S)Nc2ccccc2)n(C)n1. The number of thiocarbonyl (C=S) groups is 1. The minimum Gasteiger partial charge on any atom is -0.496 e. The molecule has 2 aromatic carbocycles. The minimum atomic E-state index is 0.505. The third-order valence-electron chi connectivity index (χ3n) is 7.09. The van der Waals surface area contributed by atoms with Gasteiger partial charge >= 0.3 is 0 Å². The van der Waals surface area contributed by atoms with Crippen LogP contribution in [0.1, 0.15) is 24.5 Å². The monoisotopic (exact) mass is 461 g/mol. The van der Waals surface area contributed by atoms with E-state index in [1.165, 1.54) is 18.5 Å². The van der Waals surface area contributed by atoms with Crippen LogP contribution in [0.15, 0.2) is 60.7 Å². The number of ether oxygens (including phenoxy) is 1. The summed E-state index contributed by atoms with van der Waals surface area (Å²) in [6, 6.07) is 20.9. The Bertz CT molecular complexity index is 1110. The molecule has 2 N–H and O–H groups in total. The molecule has 2 bridgehead atoms. The van der Waals surface area contributed by atoms with Crippen molar-refractivity contribution in [2.75, 3.05) is 32.1 Å². The largest absolute Gasteiger partial charge is 0.496 e. The molecule has 1 aromatic heterocycles. The fourth-order valence-electron chi connectivity index (χ4n) is 5.41. The van der Waals surface area contributed by atoms with Crippen LogP contribution in [-0.4, -0.2) is 52.6 Å². The van der Waals surface area contributed by atoms with Gasteiger partial charge in [-0.3, -0.25) is 9.58 Å². The third-order valence-corrected chi connectivity index (χ3v) is 7.33. The smallest absolute Gasteiger partial charge is 0.170 e. The molecule has 3 aliphatic rings. The highest BCUT2D eigenvalue weighted by Gasteiger charge is 2.41. The van der Waals surface area contributed by atoms with Gasteiger partial charge in [-0.2, -0.15) is 5.10 Å². The van der Waals surface area contributed by atoms with Crippen LogP contribution in [0.25, 0.3) is 11.3 Å². The van der Waals surface area contributed by atoms with E-state index in [0.717, 1.165) is 42.3 Å². The molecule has 3 fully saturated rings. The predicted molar refractivity (Wildman–Crippen MR) is 137 cm³/mol. The van der Waals surface area contributed by atoms with Crippen molar-refractivity contribution < 1.29 is 4.74 Å². The van der Waals surface area contributed by atoms with Crippen LogP contribution in [-0.2, 0) is 7.05 Å². The Labute approximate surface area is 200 Å². The number of nitrogens with one attached hydrogen (secondary N) is 2. The van der Waals surface area contributed by atoms with Gasteiger partial charge in [0, 0.05) is 49.0 Å². The quantitative estimate of drug-likeness (QED) is 0.535. The second-order valence-electron chi connectivity index (χ2n) is 9.02. The molecule has 3 aliphatic heterocycles. The molecule has 6 rings (SSSR count). The Kier molecular flexibility index (Phi) is 6.33. The molecule has 6 nitrogen and oxygen atoms in total. The van der Waals surface area contributed by atoms with E-state index in [-0.39, 0.29) is 0 Å². The molecule has 7 heteroatoms. The summed E-state index contributed by atoms with van der Waals surface area (Å²) < 4.78 is 7.63. The summed E-state index contributed by atoms with van der Waals surface area (Å²) in [4.78, 5) is 2.62. The van der Waals surface area contributed by atoms with Crippen molar-refractivity contribution in [3.8, 4) is 17.0 Å². The number of nitrogens with zero attached hydrogens (tertiary/aromatic N) is 3. The molecule has 0 radical (unpaired) electrons. The van der Waals surface area contributed by atoms with Gasteiger partial charge in [0.2, 0.25) is 0 Å². The molecule has 33 heavy (non-hydrogen) atoms. The van der Waals surface area contributed by atoms with Crippen LogP contribution >= 0.6 is 12.2 Å². The fourth-order valence-corrected chi connectivity index (χ4v) is 5.61. The Hall–Kier alpha value is -2.90. The van der Waals surface area contributed by atoms with E-state index in [1.807, 2.05) is 48.5 Å². The average Bonchev–Trinajstić information content (AvgIpc) is 3.25. The van der Waals surface area contributed by atoms with E-state index in [2.05, 4.69) is 39.4 Å². The lowest BCUT2D eigenvalue weighted by atomic mass is 9.74. The first-order chi connectivity index (χ1) is 16.1. The van der Waals surface area contributed by atoms with Gasteiger partial charge in [0.25, 0.3) is 0 Å². The van der Waals surface area contributed by atoms with Crippen molar-refractivity contribution in [3.63, 3.8) is 0 Å². The number of hydrogen-bond donors (Lipinski definition) is 2. The summed E-state index contributed by atoms with van der Waals surface area (Å²) >= 11 is 5.51. The van der Waals surface area contributed by atoms with E-state index >= 15 is 0 Å². The van der Waals surface area contributed by atoms with Gasteiger partial charge in [-0.05, 0) is 67.9 Å². The number of fused-ring (bicyclic) bond motifs is 3. The van der Waals surface area contributed by atoms with Crippen LogP contribution < -0.4 is 15.4 Å². The molecule has 4 atom stereocenters. The second-order valence-corrected chi connectivity index (χ2v) is 9.43. The molecular formula is C26H31N5OS. The molecule has 0 saturated carbocycles. The Morgan fingerprint density at radius 3 is 2.70 bits per heavy atom. The van der Waals surface area contributed by atoms with Gasteiger partial charge in [0.05, 0.1) is 12.8 Å². The topological polar surface area (TPSA) is 54.4 Å². The van der Waals surface area contributed by atoms with Crippen LogP contribution in [0.4, 0.5) is 5.69 Å². The molecule has 3 aromatic rings. The highest BCUT2D eigenvalue weighted by molar-refractivity contribution is 7.80. The van der Waals surface area contributed by atoms with Crippen LogP contribution in [0, 0.1) is 5.92 Å². The van der Waals surface area contributed by atoms with Crippen molar-refractivity contribution >= 4 is 23.0 Å². The van der Waals surface area contributed by atoms with Crippen molar-refractivity contribution in [1.82, 2.24) is 20.0 Å². The lowest BCUT2D eigenvalue weighted by Gasteiger charge is -2.50. The second kappa shape index (κ2) is 9.53. The zero-order valence-corrected chi connectivity index (χ0v) is 20.0. The third kappa shape index (κ3) is 4.61. The van der Waals surface area contributed by atoms with Crippen LogP contribution in [0.3, 0.4) is 0 Å². The van der Waals surface area contributed by atoms with E-state index in [4.69, 9.17) is 22.1 Å². The summed E-state index contributed by atoms with van der Waals surface area (Å²) in [6.45, 7) is 3.10. The van der Waals surface area contributed by atoms with Gasteiger partial charge in [-0.15, -0.1) is 0 Å². The van der Waals surface area contributed by atoms with Gasteiger partial charge in [-0.25, -0.2) is 0 Å². The first-order valence-electron chi connectivity index (χ1n) is 11.6. The summed E-state index contributed by atoms with van der Waals surface area (Å²) in [6.07, 6.45) is 2.42. The van der Waals surface area contributed by atoms with Crippen LogP contribution in [0.5, 0.6) is 5.75 Å². The summed E-state index contributed by atoms with van der Waals surface area (Å²) in [5.74, 6) is 2.03. The zero-order chi connectivity index (χ0) is 22.8. The maximum Gasteiger partial charge on any atom is 0.170 e. The summed E-state index contributed by atoms with van der Waals surface area (Å²) in [5.41, 5.74) is 4.36. The fraction of sp³-hybridized carbons (Fsp3) is 0.385. The molecule has 3 saturated heterocycles.